The SMILES string of the molecule is COCC(C)OCC(O)CNCC1CCCCN1C. The van der Waals surface area contributed by atoms with Crippen molar-refractivity contribution in [3.05, 3.63) is 0 Å². The van der Waals surface area contributed by atoms with Crippen molar-refractivity contribution in [1.29, 1.82) is 0 Å². The first-order valence-electron chi connectivity index (χ1n) is 7.33. The summed E-state index contributed by atoms with van der Waals surface area (Å²) in [5, 5.41) is 13.2. The first-order valence-corrected chi connectivity index (χ1v) is 7.33. The van der Waals surface area contributed by atoms with E-state index < -0.39 is 6.10 Å². The molecule has 0 spiro atoms. The van der Waals surface area contributed by atoms with Crippen LogP contribution in [0, 0.1) is 0 Å². The predicted molar refractivity (Wildman–Crippen MR) is 76.4 cm³/mol. The minimum Gasteiger partial charge on any atom is -0.389 e. The lowest BCUT2D eigenvalue weighted by Gasteiger charge is -2.32. The van der Waals surface area contributed by atoms with Gasteiger partial charge >= 0.3 is 0 Å². The van der Waals surface area contributed by atoms with Gasteiger partial charge < -0.3 is 24.8 Å². The molecule has 0 aromatic carbocycles. The Kier molecular flexibility index (Phi) is 8.57. The van der Waals surface area contributed by atoms with Crippen LogP contribution in [0.25, 0.3) is 0 Å². The molecule has 3 unspecified atom stereocenters. The number of aliphatic hydroxyl groups is 1. The zero-order valence-corrected chi connectivity index (χ0v) is 12.6. The van der Waals surface area contributed by atoms with Crippen molar-refractivity contribution in [3.8, 4) is 0 Å². The predicted octanol–water partition coefficient (Wildman–Crippen LogP) is 0.473. The minimum atomic E-state index is -0.451. The topological polar surface area (TPSA) is 54.0 Å². The Balaban J connectivity index is 2.04. The van der Waals surface area contributed by atoms with Crippen molar-refractivity contribution in [3.63, 3.8) is 0 Å². The van der Waals surface area contributed by atoms with Gasteiger partial charge in [0, 0.05) is 26.2 Å². The third-order valence-corrected chi connectivity index (χ3v) is 3.66. The normalized spacial score (nSPS) is 24.3. The number of piperidine rings is 1. The second kappa shape index (κ2) is 9.66. The van der Waals surface area contributed by atoms with Gasteiger partial charge in [0.25, 0.3) is 0 Å². The van der Waals surface area contributed by atoms with Gasteiger partial charge in [0.2, 0.25) is 0 Å². The fourth-order valence-electron chi connectivity index (χ4n) is 2.44. The molecule has 0 amide bonds. The number of likely N-dealkylation sites (N-methyl/N-ethyl adjacent to an activating group) is 1. The highest BCUT2D eigenvalue weighted by Gasteiger charge is 2.18. The van der Waals surface area contributed by atoms with Crippen LogP contribution in [0.2, 0.25) is 0 Å². The quantitative estimate of drug-likeness (QED) is 0.640. The fraction of sp³-hybridized carbons (Fsp3) is 1.00. The zero-order valence-electron chi connectivity index (χ0n) is 12.6. The van der Waals surface area contributed by atoms with Gasteiger partial charge in [-0.1, -0.05) is 6.42 Å². The van der Waals surface area contributed by atoms with Crippen molar-refractivity contribution >= 4 is 0 Å². The lowest BCUT2D eigenvalue weighted by atomic mass is 10.0. The largest absolute Gasteiger partial charge is 0.389 e. The number of rotatable bonds is 9. The Bertz CT molecular complexity index is 229. The van der Waals surface area contributed by atoms with E-state index in [9.17, 15) is 5.11 Å². The number of likely N-dealkylation sites (tertiary alicyclic amines) is 1. The summed E-state index contributed by atoms with van der Waals surface area (Å²) in [6.07, 6.45) is 3.45. The minimum absolute atomic E-state index is 0.0316. The van der Waals surface area contributed by atoms with Gasteiger partial charge in [-0.15, -0.1) is 0 Å². The van der Waals surface area contributed by atoms with E-state index in [1.54, 1.807) is 7.11 Å². The third-order valence-electron chi connectivity index (χ3n) is 3.66. The first kappa shape index (κ1) is 16.9. The molecule has 0 aromatic heterocycles. The molecule has 0 aromatic rings. The van der Waals surface area contributed by atoms with Crippen molar-refractivity contribution in [2.45, 2.75) is 44.4 Å². The van der Waals surface area contributed by atoms with E-state index in [-0.39, 0.29) is 6.10 Å². The van der Waals surface area contributed by atoms with E-state index in [1.165, 1.54) is 25.8 Å². The van der Waals surface area contributed by atoms with E-state index in [1.807, 2.05) is 6.92 Å². The summed E-state index contributed by atoms with van der Waals surface area (Å²) in [5.41, 5.74) is 0. The van der Waals surface area contributed by atoms with Crippen molar-refractivity contribution < 1.29 is 14.6 Å². The molecule has 1 rings (SSSR count). The number of nitrogens with one attached hydrogen (secondary N) is 1. The highest BCUT2D eigenvalue weighted by molar-refractivity contribution is 4.76. The second-order valence-corrected chi connectivity index (χ2v) is 5.54. The number of nitrogens with zero attached hydrogens (tertiary/aromatic N) is 1. The molecule has 0 saturated carbocycles. The standard InChI is InChI=1S/C14H30N2O3/c1-12(10-18-3)19-11-14(17)9-15-8-13-6-4-5-7-16(13)2/h12-15,17H,4-11H2,1-3H3. The van der Waals surface area contributed by atoms with Crippen molar-refractivity contribution in [2.24, 2.45) is 0 Å². The number of methoxy groups -OCH3 is 1. The van der Waals surface area contributed by atoms with E-state index >= 15 is 0 Å². The summed E-state index contributed by atoms with van der Waals surface area (Å²) in [5.74, 6) is 0. The number of hydrogen-bond acceptors (Lipinski definition) is 5. The molecule has 1 aliphatic rings. The maximum atomic E-state index is 9.82. The van der Waals surface area contributed by atoms with Gasteiger partial charge in [0.05, 0.1) is 25.4 Å². The van der Waals surface area contributed by atoms with Crippen LogP contribution in [0.15, 0.2) is 0 Å². The van der Waals surface area contributed by atoms with Gasteiger partial charge in [0.1, 0.15) is 0 Å². The van der Waals surface area contributed by atoms with Crippen LogP contribution in [0.3, 0.4) is 0 Å². The third kappa shape index (κ3) is 7.22. The Labute approximate surface area is 117 Å². The summed E-state index contributed by atoms with van der Waals surface area (Å²) in [6, 6.07) is 0.606. The van der Waals surface area contributed by atoms with Crippen LogP contribution < -0.4 is 5.32 Å². The van der Waals surface area contributed by atoms with Crippen molar-refractivity contribution in [2.75, 3.05) is 47.0 Å². The summed E-state index contributed by atoms with van der Waals surface area (Å²) < 4.78 is 10.5. The fourth-order valence-corrected chi connectivity index (χ4v) is 2.44. The van der Waals surface area contributed by atoms with Crippen molar-refractivity contribution in [1.82, 2.24) is 10.2 Å². The highest BCUT2D eigenvalue weighted by atomic mass is 16.5. The van der Waals surface area contributed by atoms with Gasteiger partial charge in [-0.25, -0.2) is 0 Å². The molecule has 19 heavy (non-hydrogen) atoms. The van der Waals surface area contributed by atoms with E-state index in [2.05, 4.69) is 17.3 Å². The lowest BCUT2D eigenvalue weighted by Crippen LogP contribution is -2.45. The van der Waals surface area contributed by atoms with E-state index in [0.29, 0.717) is 25.8 Å². The molecule has 5 heteroatoms. The molecule has 5 nitrogen and oxygen atoms in total. The maximum Gasteiger partial charge on any atom is 0.0897 e. The Morgan fingerprint density at radius 3 is 2.84 bits per heavy atom. The van der Waals surface area contributed by atoms with Crippen LogP contribution >= 0.6 is 0 Å². The smallest absolute Gasteiger partial charge is 0.0897 e. The molecule has 0 aliphatic carbocycles. The van der Waals surface area contributed by atoms with Gasteiger partial charge in [-0.05, 0) is 33.4 Å². The maximum absolute atomic E-state index is 9.82. The van der Waals surface area contributed by atoms with Crippen LogP contribution in [0.1, 0.15) is 26.2 Å². The number of ether oxygens (including phenoxy) is 2. The summed E-state index contributed by atoms with van der Waals surface area (Å²) in [4.78, 5) is 2.40. The molecular formula is C14H30N2O3. The Morgan fingerprint density at radius 2 is 2.16 bits per heavy atom. The first-order chi connectivity index (χ1) is 9.13. The zero-order chi connectivity index (χ0) is 14.1. The van der Waals surface area contributed by atoms with Crippen LogP contribution in [-0.4, -0.2) is 75.3 Å². The van der Waals surface area contributed by atoms with Crippen LogP contribution in [0.4, 0.5) is 0 Å². The average Bonchev–Trinajstić information content (AvgIpc) is 2.39. The van der Waals surface area contributed by atoms with E-state index in [0.717, 1.165) is 6.54 Å². The highest BCUT2D eigenvalue weighted by Crippen LogP contribution is 2.13. The number of hydrogen-bond donors (Lipinski definition) is 2. The van der Waals surface area contributed by atoms with Gasteiger partial charge in [-0.3, -0.25) is 0 Å². The molecule has 3 atom stereocenters. The molecule has 114 valence electrons. The summed E-state index contributed by atoms with van der Waals surface area (Å²) >= 11 is 0. The molecule has 1 saturated heterocycles. The molecule has 1 heterocycles. The molecule has 0 radical (unpaired) electrons. The number of aliphatic hydroxyl groups excluding tert-OH is 1. The van der Waals surface area contributed by atoms with Gasteiger partial charge in [0.15, 0.2) is 0 Å². The van der Waals surface area contributed by atoms with E-state index in [4.69, 9.17) is 9.47 Å². The Morgan fingerprint density at radius 1 is 1.37 bits per heavy atom. The summed E-state index contributed by atoms with van der Waals surface area (Å²) in [7, 11) is 3.83. The molecule has 2 N–H and O–H groups in total. The summed E-state index contributed by atoms with van der Waals surface area (Å²) in [6.45, 7) is 5.59. The molecular weight excluding hydrogens is 244 g/mol. The Hall–Kier alpha value is -0.200. The average molecular weight is 274 g/mol. The van der Waals surface area contributed by atoms with Gasteiger partial charge in [-0.2, -0.15) is 0 Å². The second-order valence-electron chi connectivity index (χ2n) is 5.54. The molecule has 1 fully saturated rings. The lowest BCUT2D eigenvalue weighted by molar-refractivity contribution is -0.0313. The van der Waals surface area contributed by atoms with Crippen LogP contribution in [-0.2, 0) is 9.47 Å². The molecule has 1 aliphatic heterocycles. The van der Waals surface area contributed by atoms with Crippen LogP contribution in [0.5, 0.6) is 0 Å². The monoisotopic (exact) mass is 274 g/mol. The molecule has 0 bridgehead atoms.